The van der Waals surface area contributed by atoms with Crippen molar-refractivity contribution in [2.75, 3.05) is 12.3 Å². The van der Waals surface area contributed by atoms with Gasteiger partial charge in [0.15, 0.2) is 0 Å². The molecule has 0 aliphatic rings. The number of amides is 1. The van der Waals surface area contributed by atoms with Crippen molar-refractivity contribution in [3.63, 3.8) is 0 Å². The molecule has 0 aliphatic carbocycles. The number of hydrogen-bond acceptors (Lipinski definition) is 2. The molecule has 0 heterocycles. The zero-order valence-corrected chi connectivity index (χ0v) is 13.4. The van der Waals surface area contributed by atoms with Crippen LogP contribution in [0.3, 0.4) is 0 Å². The second kappa shape index (κ2) is 7.53. The Hall–Kier alpha value is -1.22. The molecule has 1 aromatic carbocycles. The topological polar surface area (TPSA) is 55.1 Å². The second-order valence-corrected chi connectivity index (χ2v) is 6.45. The summed E-state index contributed by atoms with van der Waals surface area (Å²) in [7, 11) is 0. The lowest BCUT2D eigenvalue weighted by atomic mass is 9.87. The zero-order valence-electron chi connectivity index (χ0n) is 12.6. The molecule has 0 saturated carbocycles. The molecule has 0 fully saturated rings. The van der Waals surface area contributed by atoms with E-state index in [9.17, 15) is 4.79 Å². The van der Waals surface area contributed by atoms with Crippen LogP contribution in [-0.2, 0) is 0 Å². The predicted molar refractivity (Wildman–Crippen MR) is 86.1 cm³/mol. The van der Waals surface area contributed by atoms with Crippen molar-refractivity contribution >= 4 is 23.2 Å². The number of carbonyl (C=O) groups excluding carboxylic acids is 1. The van der Waals surface area contributed by atoms with E-state index in [0.717, 1.165) is 6.42 Å². The Morgan fingerprint density at radius 3 is 2.65 bits per heavy atom. The van der Waals surface area contributed by atoms with Gasteiger partial charge < -0.3 is 11.1 Å². The monoisotopic (exact) mass is 296 g/mol. The van der Waals surface area contributed by atoms with Gasteiger partial charge in [-0.05, 0) is 30.0 Å². The molecule has 0 radical (unpaired) electrons. The SMILES string of the molecule is CCCCCC(C)(C)CNC(=O)c1ccc(N)c(Cl)c1. The van der Waals surface area contributed by atoms with E-state index in [1.807, 2.05) is 0 Å². The fourth-order valence-corrected chi connectivity index (χ4v) is 2.21. The van der Waals surface area contributed by atoms with Gasteiger partial charge in [0.25, 0.3) is 5.91 Å². The van der Waals surface area contributed by atoms with Gasteiger partial charge in [0.2, 0.25) is 0 Å². The van der Waals surface area contributed by atoms with Crippen molar-refractivity contribution in [1.82, 2.24) is 5.32 Å². The third kappa shape index (κ3) is 5.41. The van der Waals surface area contributed by atoms with Crippen LogP contribution in [0.15, 0.2) is 18.2 Å². The maximum Gasteiger partial charge on any atom is 0.251 e. The molecular weight excluding hydrogens is 272 g/mol. The van der Waals surface area contributed by atoms with E-state index in [-0.39, 0.29) is 11.3 Å². The van der Waals surface area contributed by atoms with Gasteiger partial charge in [-0.15, -0.1) is 0 Å². The van der Waals surface area contributed by atoms with Crippen LogP contribution in [0.25, 0.3) is 0 Å². The number of nitrogens with one attached hydrogen (secondary N) is 1. The minimum Gasteiger partial charge on any atom is -0.398 e. The largest absolute Gasteiger partial charge is 0.398 e. The number of carbonyl (C=O) groups is 1. The molecule has 0 aromatic heterocycles. The molecule has 3 N–H and O–H groups in total. The Balaban J connectivity index is 2.51. The van der Waals surface area contributed by atoms with Gasteiger partial charge in [0.05, 0.1) is 10.7 Å². The third-order valence-corrected chi connectivity index (χ3v) is 3.77. The Kier molecular flexibility index (Phi) is 6.34. The molecule has 1 rings (SSSR count). The fraction of sp³-hybridized carbons (Fsp3) is 0.562. The van der Waals surface area contributed by atoms with Gasteiger partial charge in [0.1, 0.15) is 0 Å². The second-order valence-electron chi connectivity index (χ2n) is 6.04. The normalized spacial score (nSPS) is 11.4. The van der Waals surface area contributed by atoms with Crippen LogP contribution in [0, 0.1) is 5.41 Å². The fourth-order valence-electron chi connectivity index (χ4n) is 2.03. The lowest BCUT2D eigenvalue weighted by Crippen LogP contribution is -2.34. The molecule has 0 spiro atoms. The molecule has 4 heteroatoms. The molecule has 1 aromatic rings. The van der Waals surface area contributed by atoms with Crippen molar-refractivity contribution in [3.8, 4) is 0 Å². The molecule has 0 saturated heterocycles. The van der Waals surface area contributed by atoms with E-state index >= 15 is 0 Å². The van der Waals surface area contributed by atoms with Gasteiger partial charge in [-0.2, -0.15) is 0 Å². The standard InChI is InChI=1S/C16H25ClN2O/c1-4-5-6-9-16(2,3)11-19-15(20)12-7-8-14(18)13(17)10-12/h7-8,10H,4-6,9,11,18H2,1-3H3,(H,19,20). The molecule has 0 unspecified atom stereocenters. The maximum absolute atomic E-state index is 12.1. The molecule has 1 amide bonds. The van der Waals surface area contributed by atoms with Crippen LogP contribution in [-0.4, -0.2) is 12.5 Å². The third-order valence-electron chi connectivity index (χ3n) is 3.45. The molecule has 112 valence electrons. The summed E-state index contributed by atoms with van der Waals surface area (Å²) in [5.74, 6) is -0.101. The average Bonchev–Trinajstić information content (AvgIpc) is 2.39. The van der Waals surface area contributed by atoms with E-state index < -0.39 is 0 Å². The van der Waals surface area contributed by atoms with Crippen LogP contribution >= 0.6 is 11.6 Å². The summed E-state index contributed by atoms with van der Waals surface area (Å²) in [6.45, 7) is 7.22. The van der Waals surface area contributed by atoms with Gasteiger partial charge in [-0.3, -0.25) is 4.79 Å². The number of nitrogens with two attached hydrogens (primary N) is 1. The van der Waals surface area contributed by atoms with Gasteiger partial charge in [-0.1, -0.05) is 51.6 Å². The van der Waals surface area contributed by atoms with E-state index in [4.69, 9.17) is 17.3 Å². The Morgan fingerprint density at radius 1 is 1.35 bits per heavy atom. The van der Waals surface area contributed by atoms with Crippen LogP contribution in [0.4, 0.5) is 5.69 Å². The first-order valence-electron chi connectivity index (χ1n) is 7.19. The van der Waals surface area contributed by atoms with Crippen LogP contribution in [0.2, 0.25) is 5.02 Å². The van der Waals surface area contributed by atoms with E-state index in [2.05, 4.69) is 26.1 Å². The minimum atomic E-state index is -0.101. The van der Waals surface area contributed by atoms with Crippen molar-refractivity contribution in [1.29, 1.82) is 0 Å². The van der Waals surface area contributed by atoms with Crippen LogP contribution in [0.5, 0.6) is 0 Å². The number of nitrogen functional groups attached to an aromatic ring is 1. The minimum absolute atomic E-state index is 0.101. The summed E-state index contributed by atoms with van der Waals surface area (Å²) in [4.78, 5) is 12.1. The Morgan fingerprint density at radius 2 is 2.05 bits per heavy atom. The highest BCUT2D eigenvalue weighted by Crippen LogP contribution is 2.23. The average molecular weight is 297 g/mol. The Labute approximate surface area is 126 Å². The number of hydrogen-bond donors (Lipinski definition) is 2. The number of benzene rings is 1. The first-order valence-corrected chi connectivity index (χ1v) is 7.57. The predicted octanol–water partition coefficient (Wildman–Crippen LogP) is 4.26. The smallest absolute Gasteiger partial charge is 0.251 e. The number of unbranched alkanes of at least 4 members (excludes halogenated alkanes) is 2. The highest BCUT2D eigenvalue weighted by atomic mass is 35.5. The summed E-state index contributed by atoms with van der Waals surface area (Å²) < 4.78 is 0. The lowest BCUT2D eigenvalue weighted by molar-refractivity contribution is 0.0934. The highest BCUT2D eigenvalue weighted by Gasteiger charge is 2.19. The van der Waals surface area contributed by atoms with Crippen molar-refractivity contribution < 1.29 is 4.79 Å². The summed E-state index contributed by atoms with van der Waals surface area (Å²) in [6, 6.07) is 4.96. The van der Waals surface area contributed by atoms with E-state index in [1.54, 1.807) is 18.2 Å². The maximum atomic E-state index is 12.1. The molecule has 20 heavy (non-hydrogen) atoms. The molecular formula is C16H25ClN2O. The number of halogens is 1. The summed E-state index contributed by atoms with van der Waals surface area (Å²) in [5, 5.41) is 3.39. The number of anilines is 1. The van der Waals surface area contributed by atoms with E-state index in [1.165, 1.54) is 19.3 Å². The summed E-state index contributed by atoms with van der Waals surface area (Å²) >= 11 is 5.93. The van der Waals surface area contributed by atoms with Gasteiger partial charge >= 0.3 is 0 Å². The molecule has 3 nitrogen and oxygen atoms in total. The van der Waals surface area contributed by atoms with Gasteiger partial charge in [0, 0.05) is 12.1 Å². The van der Waals surface area contributed by atoms with Gasteiger partial charge in [-0.25, -0.2) is 0 Å². The Bertz CT molecular complexity index is 458. The molecule has 0 aliphatic heterocycles. The van der Waals surface area contributed by atoms with Crippen LogP contribution < -0.4 is 11.1 Å². The first kappa shape index (κ1) is 16.8. The van der Waals surface area contributed by atoms with Crippen molar-refractivity contribution in [2.24, 2.45) is 5.41 Å². The summed E-state index contributed by atoms with van der Waals surface area (Å²) in [5.41, 5.74) is 6.79. The molecule has 0 atom stereocenters. The quantitative estimate of drug-likeness (QED) is 0.583. The highest BCUT2D eigenvalue weighted by molar-refractivity contribution is 6.33. The van der Waals surface area contributed by atoms with E-state index in [0.29, 0.717) is 22.8 Å². The molecule has 0 bridgehead atoms. The first-order chi connectivity index (χ1) is 9.35. The summed E-state index contributed by atoms with van der Waals surface area (Å²) in [6.07, 6.45) is 4.77. The zero-order chi connectivity index (χ0) is 15.2. The number of rotatable bonds is 7. The van der Waals surface area contributed by atoms with Crippen LogP contribution in [0.1, 0.15) is 56.8 Å². The van der Waals surface area contributed by atoms with Crippen molar-refractivity contribution in [2.45, 2.75) is 46.5 Å². The van der Waals surface area contributed by atoms with Crippen molar-refractivity contribution in [3.05, 3.63) is 28.8 Å². The lowest BCUT2D eigenvalue weighted by Gasteiger charge is -2.25.